The van der Waals surface area contributed by atoms with E-state index in [4.69, 9.17) is 0 Å². The predicted octanol–water partition coefficient (Wildman–Crippen LogP) is 4.25. The molecule has 0 amide bonds. The van der Waals surface area contributed by atoms with Crippen LogP contribution in [-0.2, 0) is 0 Å². The van der Waals surface area contributed by atoms with E-state index in [-0.39, 0.29) is 0 Å². The quantitative estimate of drug-likeness (QED) is 0.609. The van der Waals surface area contributed by atoms with Crippen molar-refractivity contribution in [1.29, 1.82) is 0 Å². The maximum Gasteiger partial charge on any atom is 0.0718 e. The van der Waals surface area contributed by atoms with Crippen LogP contribution < -0.4 is 0 Å². The summed E-state index contributed by atoms with van der Waals surface area (Å²) in [6.07, 6.45) is 8.91. The van der Waals surface area contributed by atoms with E-state index < -0.39 is 5.60 Å². The molecule has 0 aromatic heterocycles. The van der Waals surface area contributed by atoms with Gasteiger partial charge in [0, 0.05) is 0 Å². The molecule has 0 fully saturated rings. The summed E-state index contributed by atoms with van der Waals surface area (Å²) >= 11 is 0. The van der Waals surface area contributed by atoms with Crippen LogP contribution in [0.5, 0.6) is 0 Å². The molecule has 16 heavy (non-hydrogen) atoms. The molecule has 1 nitrogen and oxygen atoms in total. The molecule has 1 N–H and O–H groups in total. The van der Waals surface area contributed by atoms with Gasteiger partial charge in [-0.15, -0.1) is 13.2 Å². The fourth-order valence-corrected chi connectivity index (χ4v) is 1.96. The highest BCUT2D eigenvalue weighted by molar-refractivity contribution is 4.97. The van der Waals surface area contributed by atoms with E-state index in [1.807, 2.05) is 0 Å². The Morgan fingerprint density at radius 3 is 2.12 bits per heavy atom. The van der Waals surface area contributed by atoms with E-state index in [1.165, 1.54) is 5.57 Å². The summed E-state index contributed by atoms with van der Waals surface area (Å²) in [7, 11) is 0. The number of hydrogen-bond acceptors (Lipinski definition) is 1. The second kappa shape index (κ2) is 7.45. The lowest BCUT2D eigenvalue weighted by molar-refractivity contribution is 0.0235. The minimum Gasteiger partial charge on any atom is -0.389 e. The minimum absolute atomic E-state index is 0.486. The Kier molecular flexibility index (Phi) is 7.07. The van der Waals surface area contributed by atoms with Crippen molar-refractivity contribution in [1.82, 2.24) is 0 Å². The number of allylic oxidation sites excluding steroid dienone is 2. The molecule has 1 heteroatoms. The molecule has 0 heterocycles. The molecule has 0 aliphatic rings. The van der Waals surface area contributed by atoms with Crippen LogP contribution in [0.4, 0.5) is 0 Å². The molecule has 0 spiro atoms. The summed E-state index contributed by atoms with van der Waals surface area (Å²) in [6, 6.07) is 0. The van der Waals surface area contributed by atoms with Crippen LogP contribution in [0.15, 0.2) is 37.0 Å². The van der Waals surface area contributed by atoms with Gasteiger partial charge in [0.25, 0.3) is 0 Å². The lowest BCUT2D eigenvalue weighted by atomic mass is 9.84. The third-order valence-corrected chi connectivity index (χ3v) is 2.71. The molecule has 0 rings (SSSR count). The standard InChI is InChI=1S/C15H26O/c1-6-10-15(16,11-7-2)12-14(5)9-8-13(3)4/h6-8,14,16H,1-2,9-12H2,3-5H3. The Balaban J connectivity index is 4.32. The molecular formula is C15H26O. The first-order valence-electron chi connectivity index (χ1n) is 6.01. The monoisotopic (exact) mass is 222 g/mol. The van der Waals surface area contributed by atoms with Crippen LogP contribution in [-0.4, -0.2) is 10.7 Å². The van der Waals surface area contributed by atoms with Gasteiger partial charge in [0.05, 0.1) is 5.60 Å². The fourth-order valence-electron chi connectivity index (χ4n) is 1.96. The second-order valence-electron chi connectivity index (χ2n) is 5.04. The molecule has 0 aromatic carbocycles. The molecule has 0 saturated carbocycles. The van der Waals surface area contributed by atoms with Crippen molar-refractivity contribution in [3.05, 3.63) is 37.0 Å². The molecule has 92 valence electrons. The van der Waals surface area contributed by atoms with E-state index in [0.29, 0.717) is 18.8 Å². The maximum atomic E-state index is 10.4. The summed E-state index contributed by atoms with van der Waals surface area (Å²) in [4.78, 5) is 0. The van der Waals surface area contributed by atoms with Crippen molar-refractivity contribution in [2.45, 2.75) is 52.1 Å². The van der Waals surface area contributed by atoms with Crippen molar-refractivity contribution in [3.63, 3.8) is 0 Å². The third kappa shape index (κ3) is 6.62. The second-order valence-corrected chi connectivity index (χ2v) is 5.04. The zero-order valence-corrected chi connectivity index (χ0v) is 11.0. The fraction of sp³-hybridized carbons (Fsp3) is 0.600. The lowest BCUT2D eigenvalue weighted by Gasteiger charge is -2.28. The Labute approximate surface area is 101 Å². The SMILES string of the molecule is C=CCC(O)(CC=C)CC(C)CC=C(C)C. The smallest absolute Gasteiger partial charge is 0.0718 e. The van der Waals surface area contributed by atoms with Crippen molar-refractivity contribution in [2.24, 2.45) is 5.92 Å². The highest BCUT2D eigenvalue weighted by atomic mass is 16.3. The van der Waals surface area contributed by atoms with Crippen LogP contribution in [0.1, 0.15) is 46.5 Å². The molecule has 0 aliphatic heterocycles. The maximum absolute atomic E-state index is 10.4. The van der Waals surface area contributed by atoms with Gasteiger partial charge in [-0.3, -0.25) is 0 Å². The first-order chi connectivity index (χ1) is 7.43. The molecule has 0 saturated heterocycles. The summed E-state index contributed by atoms with van der Waals surface area (Å²) in [6.45, 7) is 13.8. The predicted molar refractivity (Wildman–Crippen MR) is 72.4 cm³/mol. The van der Waals surface area contributed by atoms with E-state index >= 15 is 0 Å². The van der Waals surface area contributed by atoms with Crippen LogP contribution in [0.3, 0.4) is 0 Å². The van der Waals surface area contributed by atoms with Crippen LogP contribution >= 0.6 is 0 Å². The molecule has 0 aliphatic carbocycles. The molecular weight excluding hydrogens is 196 g/mol. The summed E-state index contributed by atoms with van der Waals surface area (Å²) in [5.74, 6) is 0.486. The van der Waals surface area contributed by atoms with E-state index in [9.17, 15) is 5.11 Å². The average molecular weight is 222 g/mol. The molecule has 0 aromatic rings. The highest BCUT2D eigenvalue weighted by Crippen LogP contribution is 2.27. The Bertz CT molecular complexity index is 236. The number of hydrogen-bond donors (Lipinski definition) is 1. The van der Waals surface area contributed by atoms with Crippen molar-refractivity contribution in [3.8, 4) is 0 Å². The van der Waals surface area contributed by atoms with Crippen LogP contribution in [0.2, 0.25) is 0 Å². The molecule has 1 atom stereocenters. The Morgan fingerprint density at radius 1 is 1.25 bits per heavy atom. The van der Waals surface area contributed by atoms with Gasteiger partial charge < -0.3 is 5.11 Å². The van der Waals surface area contributed by atoms with E-state index in [2.05, 4.69) is 40.0 Å². The zero-order chi connectivity index (χ0) is 12.6. The number of aliphatic hydroxyl groups is 1. The van der Waals surface area contributed by atoms with Crippen molar-refractivity contribution >= 4 is 0 Å². The first kappa shape index (κ1) is 15.2. The van der Waals surface area contributed by atoms with Gasteiger partial charge in [-0.25, -0.2) is 0 Å². The van der Waals surface area contributed by atoms with Gasteiger partial charge >= 0.3 is 0 Å². The Morgan fingerprint density at radius 2 is 1.75 bits per heavy atom. The van der Waals surface area contributed by atoms with Gasteiger partial charge in [0.15, 0.2) is 0 Å². The van der Waals surface area contributed by atoms with E-state index in [1.54, 1.807) is 12.2 Å². The normalized spacial score (nSPS) is 13.0. The summed E-state index contributed by atoms with van der Waals surface area (Å²) < 4.78 is 0. The third-order valence-electron chi connectivity index (χ3n) is 2.71. The molecule has 0 radical (unpaired) electrons. The topological polar surface area (TPSA) is 20.2 Å². The first-order valence-corrected chi connectivity index (χ1v) is 6.01. The molecule has 0 bridgehead atoms. The van der Waals surface area contributed by atoms with Crippen molar-refractivity contribution < 1.29 is 5.11 Å². The summed E-state index contributed by atoms with van der Waals surface area (Å²) in [5.41, 5.74) is 0.682. The average Bonchev–Trinajstić information content (AvgIpc) is 2.15. The van der Waals surface area contributed by atoms with Gasteiger partial charge in [-0.1, -0.05) is 30.7 Å². The number of rotatable bonds is 8. The highest BCUT2D eigenvalue weighted by Gasteiger charge is 2.25. The van der Waals surface area contributed by atoms with Gasteiger partial charge in [0.2, 0.25) is 0 Å². The zero-order valence-electron chi connectivity index (χ0n) is 11.0. The van der Waals surface area contributed by atoms with E-state index in [0.717, 1.165) is 12.8 Å². The van der Waals surface area contributed by atoms with Gasteiger partial charge in [0.1, 0.15) is 0 Å². The summed E-state index contributed by atoms with van der Waals surface area (Å²) in [5, 5.41) is 10.4. The van der Waals surface area contributed by atoms with Crippen LogP contribution in [0, 0.1) is 5.92 Å². The van der Waals surface area contributed by atoms with Crippen molar-refractivity contribution in [2.75, 3.05) is 0 Å². The van der Waals surface area contributed by atoms with Gasteiger partial charge in [-0.05, 0) is 45.4 Å². The minimum atomic E-state index is -0.654. The largest absolute Gasteiger partial charge is 0.389 e. The Hall–Kier alpha value is -0.820. The molecule has 1 unspecified atom stereocenters. The lowest BCUT2D eigenvalue weighted by Crippen LogP contribution is -2.29. The van der Waals surface area contributed by atoms with Gasteiger partial charge in [-0.2, -0.15) is 0 Å². The van der Waals surface area contributed by atoms with Crippen LogP contribution in [0.25, 0.3) is 0 Å².